The third-order valence-corrected chi connectivity index (χ3v) is 4.23. The van der Waals surface area contributed by atoms with E-state index in [0.29, 0.717) is 6.54 Å². The summed E-state index contributed by atoms with van der Waals surface area (Å²) in [4.78, 5) is 37.2. The molecule has 29 heavy (non-hydrogen) atoms. The van der Waals surface area contributed by atoms with E-state index in [9.17, 15) is 19.7 Å². The molecule has 0 saturated carbocycles. The summed E-state index contributed by atoms with van der Waals surface area (Å²) in [7, 11) is 1.34. The van der Waals surface area contributed by atoms with E-state index in [-0.39, 0.29) is 22.9 Å². The van der Waals surface area contributed by atoms with Crippen LogP contribution in [-0.2, 0) is 16.1 Å². The second-order valence-electron chi connectivity index (χ2n) is 7.35. The van der Waals surface area contributed by atoms with Gasteiger partial charge in [0.15, 0.2) is 6.61 Å². The van der Waals surface area contributed by atoms with Crippen LogP contribution in [0.25, 0.3) is 0 Å². The average Bonchev–Trinajstić information content (AvgIpc) is 2.69. The van der Waals surface area contributed by atoms with Crippen molar-refractivity contribution in [3.63, 3.8) is 0 Å². The quantitative estimate of drug-likeness (QED) is 0.400. The van der Waals surface area contributed by atoms with Crippen molar-refractivity contribution in [2.45, 2.75) is 32.9 Å². The molecule has 0 heterocycles. The predicted molar refractivity (Wildman–Crippen MR) is 107 cm³/mol. The number of nitrogens with zero attached hydrogens (tertiary/aromatic N) is 2. The number of ether oxygens (including phenoxy) is 2. The van der Waals surface area contributed by atoms with Gasteiger partial charge in [-0.1, -0.05) is 30.3 Å². The van der Waals surface area contributed by atoms with Crippen LogP contribution in [0, 0.1) is 10.1 Å². The van der Waals surface area contributed by atoms with Crippen molar-refractivity contribution in [1.29, 1.82) is 0 Å². The standard InChI is InChI=1S/C21H24N2O6/c1-21(2,3)22(13-15-8-6-5-7-9-15)19(24)14-29-20(25)17-12-16(23(26)27)10-11-18(17)28-4/h5-12H,13-14H2,1-4H3. The van der Waals surface area contributed by atoms with Crippen LogP contribution in [-0.4, -0.2) is 41.0 Å². The fourth-order valence-electron chi connectivity index (χ4n) is 2.72. The Morgan fingerprint density at radius 1 is 1.10 bits per heavy atom. The zero-order valence-electron chi connectivity index (χ0n) is 16.9. The van der Waals surface area contributed by atoms with E-state index in [1.807, 2.05) is 51.1 Å². The maximum Gasteiger partial charge on any atom is 0.342 e. The summed E-state index contributed by atoms with van der Waals surface area (Å²) in [6, 6.07) is 13.1. The molecule has 0 aliphatic heterocycles. The number of nitro groups is 1. The molecular weight excluding hydrogens is 376 g/mol. The molecule has 8 heteroatoms. The van der Waals surface area contributed by atoms with Gasteiger partial charge >= 0.3 is 5.97 Å². The first kappa shape index (κ1) is 21.9. The number of carbonyl (C=O) groups is 2. The summed E-state index contributed by atoms with van der Waals surface area (Å²) < 4.78 is 10.2. The molecule has 0 bridgehead atoms. The van der Waals surface area contributed by atoms with Crippen LogP contribution in [0.3, 0.4) is 0 Å². The molecule has 0 spiro atoms. The molecule has 154 valence electrons. The molecule has 0 unspecified atom stereocenters. The summed E-state index contributed by atoms with van der Waals surface area (Å²) in [5, 5.41) is 11.0. The topological polar surface area (TPSA) is 99.0 Å². The molecule has 0 N–H and O–H groups in total. The number of amides is 1. The molecule has 0 saturated heterocycles. The van der Waals surface area contributed by atoms with Gasteiger partial charge in [0.2, 0.25) is 0 Å². The van der Waals surface area contributed by atoms with Gasteiger partial charge in [0.05, 0.1) is 12.0 Å². The number of hydrogen-bond donors (Lipinski definition) is 0. The highest BCUT2D eigenvalue weighted by Gasteiger charge is 2.28. The summed E-state index contributed by atoms with van der Waals surface area (Å²) in [6.07, 6.45) is 0. The van der Waals surface area contributed by atoms with Crippen molar-refractivity contribution in [2.75, 3.05) is 13.7 Å². The third kappa shape index (κ3) is 5.78. The molecule has 2 aromatic rings. The van der Waals surface area contributed by atoms with Crippen molar-refractivity contribution < 1.29 is 24.0 Å². The molecule has 0 fully saturated rings. The normalized spacial score (nSPS) is 10.9. The Morgan fingerprint density at radius 2 is 1.76 bits per heavy atom. The highest BCUT2D eigenvalue weighted by atomic mass is 16.6. The lowest BCUT2D eigenvalue weighted by molar-refractivity contribution is -0.384. The predicted octanol–water partition coefficient (Wildman–Crippen LogP) is 3.59. The minimum absolute atomic E-state index is 0.111. The minimum atomic E-state index is -0.868. The van der Waals surface area contributed by atoms with Crippen LogP contribution in [0.5, 0.6) is 5.75 Å². The van der Waals surface area contributed by atoms with Gasteiger partial charge in [-0.2, -0.15) is 0 Å². The van der Waals surface area contributed by atoms with Gasteiger partial charge in [0.25, 0.3) is 11.6 Å². The van der Waals surface area contributed by atoms with Crippen LogP contribution in [0.1, 0.15) is 36.7 Å². The first-order chi connectivity index (χ1) is 13.6. The van der Waals surface area contributed by atoms with E-state index < -0.39 is 23.0 Å². The lowest BCUT2D eigenvalue weighted by Gasteiger charge is -2.35. The lowest BCUT2D eigenvalue weighted by Crippen LogP contribution is -2.46. The van der Waals surface area contributed by atoms with Crippen molar-refractivity contribution in [2.24, 2.45) is 0 Å². The second-order valence-corrected chi connectivity index (χ2v) is 7.35. The first-order valence-electron chi connectivity index (χ1n) is 8.97. The third-order valence-electron chi connectivity index (χ3n) is 4.23. The number of benzene rings is 2. The molecule has 0 aliphatic carbocycles. The number of hydrogen-bond acceptors (Lipinski definition) is 6. The van der Waals surface area contributed by atoms with Crippen molar-refractivity contribution in [1.82, 2.24) is 4.90 Å². The van der Waals surface area contributed by atoms with Gasteiger partial charge in [-0.05, 0) is 32.4 Å². The molecule has 8 nitrogen and oxygen atoms in total. The van der Waals surface area contributed by atoms with Gasteiger partial charge in [0.1, 0.15) is 11.3 Å². The molecule has 2 rings (SSSR count). The highest BCUT2D eigenvalue weighted by molar-refractivity contribution is 5.94. The number of non-ortho nitro benzene ring substituents is 1. The molecule has 2 aromatic carbocycles. The molecule has 0 aromatic heterocycles. The Balaban J connectivity index is 2.14. The highest BCUT2D eigenvalue weighted by Crippen LogP contribution is 2.25. The van der Waals surface area contributed by atoms with Gasteiger partial charge in [-0.25, -0.2) is 4.79 Å². The second kappa shape index (κ2) is 9.18. The fourth-order valence-corrected chi connectivity index (χ4v) is 2.72. The van der Waals surface area contributed by atoms with Gasteiger partial charge in [0, 0.05) is 24.2 Å². The molecule has 1 amide bonds. The van der Waals surface area contributed by atoms with E-state index in [1.54, 1.807) is 4.90 Å². The Kier molecular flexibility index (Phi) is 6.93. The summed E-state index contributed by atoms with van der Waals surface area (Å²) in [6.45, 7) is 5.54. The first-order valence-corrected chi connectivity index (χ1v) is 8.97. The van der Waals surface area contributed by atoms with Crippen LogP contribution >= 0.6 is 0 Å². The van der Waals surface area contributed by atoms with Crippen LogP contribution in [0.2, 0.25) is 0 Å². The number of rotatable bonds is 7. The van der Waals surface area contributed by atoms with E-state index in [0.717, 1.165) is 11.6 Å². The van der Waals surface area contributed by atoms with Crippen molar-refractivity contribution in [3.05, 3.63) is 69.8 Å². The summed E-state index contributed by atoms with van der Waals surface area (Å²) in [5.74, 6) is -1.11. The summed E-state index contributed by atoms with van der Waals surface area (Å²) in [5.41, 5.74) is 0.0644. The fraction of sp³-hybridized carbons (Fsp3) is 0.333. The number of esters is 1. The smallest absolute Gasteiger partial charge is 0.342 e. The molecule has 0 radical (unpaired) electrons. The van der Waals surface area contributed by atoms with Gasteiger partial charge in [-0.3, -0.25) is 14.9 Å². The van der Waals surface area contributed by atoms with Crippen LogP contribution in [0.15, 0.2) is 48.5 Å². The number of methoxy groups -OCH3 is 1. The minimum Gasteiger partial charge on any atom is -0.496 e. The monoisotopic (exact) mass is 400 g/mol. The summed E-state index contributed by atoms with van der Waals surface area (Å²) >= 11 is 0. The molecule has 0 aliphatic rings. The van der Waals surface area contributed by atoms with Crippen molar-refractivity contribution >= 4 is 17.6 Å². The number of carbonyl (C=O) groups excluding carboxylic acids is 2. The Hall–Kier alpha value is -3.42. The molecule has 0 atom stereocenters. The van der Waals surface area contributed by atoms with Crippen LogP contribution < -0.4 is 4.74 Å². The Bertz CT molecular complexity index is 890. The largest absolute Gasteiger partial charge is 0.496 e. The van der Waals surface area contributed by atoms with E-state index in [2.05, 4.69) is 0 Å². The maximum absolute atomic E-state index is 12.8. The Labute approximate surface area is 169 Å². The van der Waals surface area contributed by atoms with E-state index in [1.165, 1.54) is 19.2 Å². The zero-order valence-corrected chi connectivity index (χ0v) is 16.9. The van der Waals surface area contributed by atoms with E-state index in [4.69, 9.17) is 9.47 Å². The van der Waals surface area contributed by atoms with Gasteiger partial charge in [-0.15, -0.1) is 0 Å². The van der Waals surface area contributed by atoms with Crippen LogP contribution in [0.4, 0.5) is 5.69 Å². The number of nitro benzene ring substituents is 1. The average molecular weight is 400 g/mol. The molecular formula is C21H24N2O6. The van der Waals surface area contributed by atoms with Crippen molar-refractivity contribution in [3.8, 4) is 5.75 Å². The van der Waals surface area contributed by atoms with Gasteiger partial charge < -0.3 is 14.4 Å². The lowest BCUT2D eigenvalue weighted by atomic mass is 10.0. The van der Waals surface area contributed by atoms with E-state index >= 15 is 0 Å². The Morgan fingerprint density at radius 3 is 2.31 bits per heavy atom. The zero-order chi connectivity index (χ0) is 21.6. The maximum atomic E-state index is 12.8. The SMILES string of the molecule is COc1ccc([N+](=O)[O-])cc1C(=O)OCC(=O)N(Cc1ccccc1)C(C)(C)C.